The first kappa shape index (κ1) is 18.0. The number of aromatic nitrogens is 2. The third-order valence-corrected chi connectivity index (χ3v) is 4.44. The summed E-state index contributed by atoms with van der Waals surface area (Å²) in [4.78, 5) is 12.4. The van der Waals surface area contributed by atoms with Crippen LogP contribution in [0.1, 0.15) is 21.6 Å². The molecule has 6 heteroatoms. The van der Waals surface area contributed by atoms with Gasteiger partial charge in [-0.3, -0.25) is 4.79 Å². The van der Waals surface area contributed by atoms with Gasteiger partial charge in [0.15, 0.2) is 0 Å². The van der Waals surface area contributed by atoms with Gasteiger partial charge in [-0.05, 0) is 55.3 Å². The quantitative estimate of drug-likeness (QED) is 0.718. The van der Waals surface area contributed by atoms with Crippen LogP contribution in [0.25, 0.3) is 5.69 Å². The number of halogens is 1. The maximum Gasteiger partial charge on any atom is 0.254 e. The number of hydrogen-bond acceptors (Lipinski definition) is 3. The van der Waals surface area contributed by atoms with E-state index in [1.54, 1.807) is 18.0 Å². The van der Waals surface area contributed by atoms with E-state index in [9.17, 15) is 4.79 Å². The van der Waals surface area contributed by atoms with Crippen molar-refractivity contribution in [3.05, 3.63) is 76.6 Å². The van der Waals surface area contributed by atoms with Gasteiger partial charge in [0.25, 0.3) is 5.91 Å². The molecule has 0 saturated carbocycles. The molecule has 1 amide bonds. The summed E-state index contributed by atoms with van der Waals surface area (Å²) in [7, 11) is 1.63. The maximum atomic E-state index is 12.4. The van der Waals surface area contributed by atoms with Gasteiger partial charge in [-0.1, -0.05) is 23.7 Å². The van der Waals surface area contributed by atoms with Gasteiger partial charge in [-0.15, -0.1) is 0 Å². The van der Waals surface area contributed by atoms with Gasteiger partial charge >= 0.3 is 0 Å². The molecule has 0 unspecified atom stereocenters. The van der Waals surface area contributed by atoms with Gasteiger partial charge in [-0.2, -0.15) is 5.10 Å². The van der Waals surface area contributed by atoms with Gasteiger partial charge in [-0.25, -0.2) is 4.68 Å². The van der Waals surface area contributed by atoms with E-state index in [2.05, 4.69) is 10.4 Å². The standard InChI is InChI=1S/C20H20ClN3O2/c1-14-19(13-23-24(14)17-7-9-18(26-2)10-8-17)20(25)22-12-11-15-3-5-16(21)6-4-15/h3-10,13H,11-12H2,1-2H3,(H,22,25). The largest absolute Gasteiger partial charge is 0.497 e. The Hall–Kier alpha value is -2.79. The number of benzene rings is 2. The van der Waals surface area contributed by atoms with Crippen LogP contribution >= 0.6 is 11.6 Å². The molecule has 0 fully saturated rings. The van der Waals surface area contributed by atoms with Crippen LogP contribution in [0.15, 0.2) is 54.7 Å². The van der Waals surface area contributed by atoms with Crippen LogP contribution in [-0.2, 0) is 6.42 Å². The first-order valence-electron chi connectivity index (χ1n) is 8.30. The molecule has 0 radical (unpaired) electrons. The van der Waals surface area contributed by atoms with Gasteiger partial charge < -0.3 is 10.1 Å². The first-order valence-corrected chi connectivity index (χ1v) is 8.68. The van der Waals surface area contributed by atoms with Crippen molar-refractivity contribution in [2.75, 3.05) is 13.7 Å². The van der Waals surface area contributed by atoms with Gasteiger partial charge in [0, 0.05) is 11.6 Å². The zero-order valence-electron chi connectivity index (χ0n) is 14.7. The molecule has 0 aliphatic heterocycles. The summed E-state index contributed by atoms with van der Waals surface area (Å²) in [6.45, 7) is 2.43. The average molecular weight is 370 g/mol. The Kier molecular flexibility index (Phi) is 5.58. The molecule has 1 N–H and O–H groups in total. The van der Waals surface area contributed by atoms with E-state index in [4.69, 9.17) is 16.3 Å². The van der Waals surface area contributed by atoms with Crippen LogP contribution in [0.2, 0.25) is 5.02 Å². The number of ether oxygens (including phenoxy) is 1. The van der Waals surface area contributed by atoms with Crippen molar-refractivity contribution in [1.82, 2.24) is 15.1 Å². The third-order valence-electron chi connectivity index (χ3n) is 4.18. The fourth-order valence-electron chi connectivity index (χ4n) is 2.68. The molecular weight excluding hydrogens is 350 g/mol. The lowest BCUT2D eigenvalue weighted by Gasteiger charge is -2.08. The van der Waals surface area contributed by atoms with Gasteiger partial charge in [0.2, 0.25) is 0 Å². The lowest BCUT2D eigenvalue weighted by Crippen LogP contribution is -2.26. The third kappa shape index (κ3) is 4.06. The van der Waals surface area contributed by atoms with E-state index >= 15 is 0 Å². The summed E-state index contributed by atoms with van der Waals surface area (Å²) in [5, 5.41) is 7.99. The number of hydrogen-bond donors (Lipinski definition) is 1. The molecule has 0 spiro atoms. The molecule has 1 aromatic heterocycles. The SMILES string of the molecule is COc1ccc(-n2ncc(C(=O)NCCc3ccc(Cl)cc3)c2C)cc1. The topological polar surface area (TPSA) is 56.2 Å². The Morgan fingerprint density at radius 2 is 1.85 bits per heavy atom. The zero-order chi connectivity index (χ0) is 18.5. The van der Waals surface area contributed by atoms with Crippen molar-refractivity contribution in [3.8, 4) is 11.4 Å². The molecule has 0 aliphatic rings. The second-order valence-corrected chi connectivity index (χ2v) is 6.32. The van der Waals surface area contributed by atoms with Crippen LogP contribution < -0.4 is 10.1 Å². The van der Waals surface area contributed by atoms with Crippen LogP contribution in [0.3, 0.4) is 0 Å². The summed E-state index contributed by atoms with van der Waals surface area (Å²) >= 11 is 5.88. The Balaban J connectivity index is 1.64. The highest BCUT2D eigenvalue weighted by atomic mass is 35.5. The molecular formula is C20H20ClN3O2. The summed E-state index contributed by atoms with van der Waals surface area (Å²) in [5.41, 5.74) is 3.36. The van der Waals surface area contributed by atoms with E-state index in [0.717, 1.165) is 29.1 Å². The van der Waals surface area contributed by atoms with Gasteiger partial charge in [0.1, 0.15) is 5.75 Å². The van der Waals surface area contributed by atoms with Crippen molar-refractivity contribution >= 4 is 17.5 Å². The number of rotatable bonds is 6. The lowest BCUT2D eigenvalue weighted by atomic mass is 10.1. The molecule has 0 saturated heterocycles. The normalized spacial score (nSPS) is 10.6. The highest BCUT2D eigenvalue weighted by molar-refractivity contribution is 6.30. The van der Waals surface area contributed by atoms with E-state index in [1.165, 1.54) is 0 Å². The molecule has 0 atom stereocenters. The number of nitrogens with zero attached hydrogens (tertiary/aromatic N) is 2. The Bertz CT molecular complexity index is 886. The lowest BCUT2D eigenvalue weighted by molar-refractivity contribution is 0.0953. The number of nitrogens with one attached hydrogen (secondary N) is 1. The molecule has 3 aromatic rings. The average Bonchev–Trinajstić information content (AvgIpc) is 3.05. The summed E-state index contributed by atoms with van der Waals surface area (Å²) in [6.07, 6.45) is 2.34. The van der Waals surface area contributed by atoms with Crippen molar-refractivity contribution in [1.29, 1.82) is 0 Å². The fourth-order valence-corrected chi connectivity index (χ4v) is 2.81. The monoisotopic (exact) mass is 369 g/mol. The van der Waals surface area contributed by atoms with E-state index in [0.29, 0.717) is 17.1 Å². The molecule has 0 bridgehead atoms. The van der Waals surface area contributed by atoms with E-state index in [-0.39, 0.29) is 5.91 Å². The van der Waals surface area contributed by atoms with Crippen molar-refractivity contribution < 1.29 is 9.53 Å². The molecule has 5 nitrogen and oxygen atoms in total. The van der Waals surface area contributed by atoms with Crippen molar-refractivity contribution in [2.24, 2.45) is 0 Å². The maximum absolute atomic E-state index is 12.4. The molecule has 3 rings (SSSR count). The minimum Gasteiger partial charge on any atom is -0.497 e. The van der Waals surface area contributed by atoms with Crippen LogP contribution in [-0.4, -0.2) is 29.3 Å². The van der Waals surface area contributed by atoms with Crippen LogP contribution in [0.4, 0.5) is 0 Å². The summed E-state index contributed by atoms with van der Waals surface area (Å²) in [6, 6.07) is 15.2. The van der Waals surface area contributed by atoms with Gasteiger partial charge in [0.05, 0.1) is 30.3 Å². The zero-order valence-corrected chi connectivity index (χ0v) is 15.5. The summed E-state index contributed by atoms with van der Waals surface area (Å²) in [5.74, 6) is 0.648. The van der Waals surface area contributed by atoms with Crippen molar-refractivity contribution in [3.63, 3.8) is 0 Å². The molecule has 0 aliphatic carbocycles. The Labute approximate surface area is 157 Å². The first-order chi connectivity index (χ1) is 12.6. The summed E-state index contributed by atoms with van der Waals surface area (Å²) < 4.78 is 6.91. The second kappa shape index (κ2) is 8.06. The van der Waals surface area contributed by atoms with Crippen molar-refractivity contribution in [2.45, 2.75) is 13.3 Å². The Morgan fingerprint density at radius 3 is 2.50 bits per heavy atom. The number of carbonyl (C=O) groups is 1. The molecule has 26 heavy (non-hydrogen) atoms. The number of methoxy groups -OCH3 is 1. The molecule has 2 aromatic carbocycles. The second-order valence-electron chi connectivity index (χ2n) is 5.89. The minimum atomic E-state index is -0.128. The smallest absolute Gasteiger partial charge is 0.254 e. The van der Waals surface area contributed by atoms with E-state index < -0.39 is 0 Å². The molecule has 134 valence electrons. The Morgan fingerprint density at radius 1 is 1.15 bits per heavy atom. The fraction of sp³-hybridized carbons (Fsp3) is 0.200. The predicted molar refractivity (Wildman–Crippen MR) is 102 cm³/mol. The molecule has 1 heterocycles. The van der Waals surface area contributed by atoms with Crippen LogP contribution in [0, 0.1) is 6.92 Å². The number of carbonyl (C=O) groups excluding carboxylic acids is 1. The van der Waals surface area contributed by atoms with Crippen LogP contribution in [0.5, 0.6) is 5.75 Å². The predicted octanol–water partition coefficient (Wildman–Crippen LogP) is 3.82. The number of amides is 1. The highest BCUT2D eigenvalue weighted by Gasteiger charge is 2.14. The minimum absolute atomic E-state index is 0.128. The highest BCUT2D eigenvalue weighted by Crippen LogP contribution is 2.18. The van der Waals surface area contributed by atoms with E-state index in [1.807, 2.05) is 55.5 Å².